The number of benzene rings is 2. The van der Waals surface area contributed by atoms with Gasteiger partial charge < -0.3 is 14.1 Å². The standard InChI is InChI=1S/C27H32N2O4/c1-29(16-18-5-3-2-4-6-18)13-14-32-20-8-9-21-19(15-20)7-11-24-26(21)23(17-33-24)22-10-12-25(30)28-27(22)31/h7-9,11,15,17-18,22H,2-6,10,12-14,16H2,1H3,(H,28,30,31). The third kappa shape index (κ3) is 4.76. The van der Waals surface area contributed by atoms with E-state index in [1.165, 1.54) is 32.1 Å². The van der Waals surface area contributed by atoms with Crippen LogP contribution in [0.4, 0.5) is 0 Å². The van der Waals surface area contributed by atoms with Crippen molar-refractivity contribution in [2.45, 2.75) is 50.9 Å². The summed E-state index contributed by atoms with van der Waals surface area (Å²) in [6, 6.07) is 10.1. The molecule has 0 bridgehead atoms. The van der Waals surface area contributed by atoms with Gasteiger partial charge in [-0.3, -0.25) is 14.9 Å². The Morgan fingerprint density at radius 2 is 1.94 bits per heavy atom. The number of imide groups is 1. The van der Waals surface area contributed by atoms with Gasteiger partial charge in [0.1, 0.15) is 17.9 Å². The van der Waals surface area contributed by atoms with Gasteiger partial charge in [-0.2, -0.15) is 0 Å². The van der Waals surface area contributed by atoms with Gasteiger partial charge in [0.05, 0.1) is 12.2 Å². The number of ether oxygens (including phenoxy) is 1. The van der Waals surface area contributed by atoms with Crippen molar-refractivity contribution in [2.24, 2.45) is 5.92 Å². The van der Waals surface area contributed by atoms with E-state index in [9.17, 15) is 9.59 Å². The predicted molar refractivity (Wildman–Crippen MR) is 128 cm³/mol. The number of nitrogens with zero attached hydrogens (tertiary/aromatic N) is 1. The predicted octanol–water partition coefficient (Wildman–Crippen LogP) is 5.00. The van der Waals surface area contributed by atoms with Crippen LogP contribution in [0.25, 0.3) is 21.7 Å². The summed E-state index contributed by atoms with van der Waals surface area (Å²) in [6.07, 6.45) is 9.38. The van der Waals surface area contributed by atoms with E-state index in [0.29, 0.717) is 19.4 Å². The normalized spacial score (nSPS) is 20.0. The number of fused-ring (bicyclic) bond motifs is 3. The SMILES string of the molecule is CN(CCOc1ccc2c(ccc3occ(C4CCC(=O)NC4=O)c32)c1)CC1CCCCC1. The second-order valence-corrected chi connectivity index (χ2v) is 9.63. The zero-order chi connectivity index (χ0) is 22.8. The van der Waals surface area contributed by atoms with Crippen LogP contribution in [0.2, 0.25) is 0 Å². The Hall–Kier alpha value is -2.86. The molecule has 2 aliphatic rings. The number of rotatable bonds is 7. The molecule has 1 aromatic heterocycles. The summed E-state index contributed by atoms with van der Waals surface area (Å²) in [5.74, 6) is 0.854. The van der Waals surface area contributed by atoms with Crippen molar-refractivity contribution in [1.82, 2.24) is 10.2 Å². The lowest BCUT2D eigenvalue weighted by molar-refractivity contribution is -0.134. The number of carbonyl (C=O) groups is 2. The summed E-state index contributed by atoms with van der Waals surface area (Å²) in [4.78, 5) is 26.4. The highest BCUT2D eigenvalue weighted by Crippen LogP contribution is 2.37. The lowest BCUT2D eigenvalue weighted by Crippen LogP contribution is -2.39. The van der Waals surface area contributed by atoms with Gasteiger partial charge in [-0.1, -0.05) is 25.3 Å². The lowest BCUT2D eigenvalue weighted by atomic mass is 9.89. The Morgan fingerprint density at radius 1 is 1.09 bits per heavy atom. The summed E-state index contributed by atoms with van der Waals surface area (Å²) >= 11 is 0. The van der Waals surface area contributed by atoms with Gasteiger partial charge in [0.15, 0.2) is 0 Å². The first-order chi connectivity index (χ1) is 16.1. The van der Waals surface area contributed by atoms with Crippen molar-refractivity contribution in [2.75, 3.05) is 26.7 Å². The number of hydrogen-bond donors (Lipinski definition) is 1. The molecule has 33 heavy (non-hydrogen) atoms. The fraction of sp³-hybridized carbons (Fsp3) is 0.481. The molecule has 2 aromatic carbocycles. The van der Waals surface area contributed by atoms with Crippen LogP contribution in [0.15, 0.2) is 41.0 Å². The molecule has 1 unspecified atom stereocenters. The van der Waals surface area contributed by atoms with Crippen LogP contribution in [0, 0.1) is 5.92 Å². The quantitative estimate of drug-likeness (QED) is 0.515. The first kappa shape index (κ1) is 22.0. The van der Waals surface area contributed by atoms with E-state index in [1.54, 1.807) is 6.26 Å². The first-order valence-electron chi connectivity index (χ1n) is 12.2. The number of carbonyl (C=O) groups excluding carboxylic acids is 2. The van der Waals surface area contributed by atoms with Gasteiger partial charge in [0.2, 0.25) is 11.8 Å². The molecule has 5 rings (SSSR count). The summed E-state index contributed by atoms with van der Waals surface area (Å²) in [5, 5.41) is 5.48. The van der Waals surface area contributed by atoms with Gasteiger partial charge >= 0.3 is 0 Å². The highest BCUT2D eigenvalue weighted by atomic mass is 16.5. The number of furan rings is 1. The van der Waals surface area contributed by atoms with Gasteiger partial charge in [-0.15, -0.1) is 0 Å². The van der Waals surface area contributed by atoms with E-state index in [-0.39, 0.29) is 17.7 Å². The lowest BCUT2D eigenvalue weighted by Gasteiger charge is -2.26. The van der Waals surface area contributed by atoms with E-state index in [2.05, 4.69) is 23.3 Å². The molecular weight excluding hydrogens is 416 g/mol. The van der Waals surface area contributed by atoms with E-state index in [4.69, 9.17) is 9.15 Å². The second kappa shape index (κ2) is 9.56. The Bertz CT molecular complexity index is 1160. The van der Waals surface area contributed by atoms with Crippen molar-refractivity contribution >= 4 is 33.6 Å². The number of piperidine rings is 1. The Morgan fingerprint density at radius 3 is 2.76 bits per heavy atom. The number of hydrogen-bond acceptors (Lipinski definition) is 5. The van der Waals surface area contributed by atoms with Gasteiger partial charge in [0, 0.05) is 30.5 Å². The monoisotopic (exact) mass is 448 g/mol. The average molecular weight is 449 g/mol. The minimum absolute atomic E-state index is 0.208. The summed E-state index contributed by atoms with van der Waals surface area (Å²) in [7, 11) is 2.19. The van der Waals surface area contributed by atoms with Crippen molar-refractivity contribution < 1.29 is 18.7 Å². The molecule has 1 saturated carbocycles. The highest BCUT2D eigenvalue weighted by Gasteiger charge is 2.31. The summed E-state index contributed by atoms with van der Waals surface area (Å²) in [6.45, 7) is 2.72. The number of likely N-dealkylation sites (N-methyl/N-ethyl adjacent to an activating group) is 1. The van der Waals surface area contributed by atoms with E-state index >= 15 is 0 Å². The smallest absolute Gasteiger partial charge is 0.234 e. The van der Waals surface area contributed by atoms with Crippen molar-refractivity contribution in [3.8, 4) is 5.75 Å². The Balaban J connectivity index is 1.29. The molecule has 1 aliphatic carbocycles. The molecule has 0 radical (unpaired) electrons. The van der Waals surface area contributed by atoms with Crippen LogP contribution in [-0.2, 0) is 9.59 Å². The molecule has 2 fully saturated rings. The fourth-order valence-electron chi connectivity index (χ4n) is 5.43. The van der Waals surface area contributed by atoms with Crippen molar-refractivity contribution in [3.63, 3.8) is 0 Å². The molecule has 2 heterocycles. The minimum Gasteiger partial charge on any atom is -0.492 e. The minimum atomic E-state index is -0.370. The Labute approximate surface area is 194 Å². The first-order valence-corrected chi connectivity index (χ1v) is 12.2. The van der Waals surface area contributed by atoms with Crippen LogP contribution in [0.5, 0.6) is 5.75 Å². The Kier molecular flexibility index (Phi) is 6.36. The van der Waals surface area contributed by atoms with Crippen LogP contribution >= 0.6 is 0 Å². The van der Waals surface area contributed by atoms with Crippen LogP contribution in [0.1, 0.15) is 56.4 Å². The topological polar surface area (TPSA) is 71.8 Å². The highest BCUT2D eigenvalue weighted by molar-refractivity contribution is 6.10. The molecule has 1 aliphatic heterocycles. The van der Waals surface area contributed by atoms with Crippen LogP contribution in [-0.4, -0.2) is 43.5 Å². The molecule has 2 amide bonds. The van der Waals surface area contributed by atoms with Crippen molar-refractivity contribution in [3.05, 3.63) is 42.2 Å². The molecular formula is C27H32N2O4. The zero-order valence-corrected chi connectivity index (χ0v) is 19.3. The number of amides is 2. The fourth-order valence-corrected chi connectivity index (χ4v) is 5.43. The molecule has 1 saturated heterocycles. The van der Waals surface area contributed by atoms with E-state index in [1.807, 2.05) is 24.3 Å². The molecule has 1 N–H and O–H groups in total. The van der Waals surface area contributed by atoms with Gasteiger partial charge in [-0.25, -0.2) is 0 Å². The zero-order valence-electron chi connectivity index (χ0n) is 19.3. The van der Waals surface area contributed by atoms with Crippen LogP contribution in [0.3, 0.4) is 0 Å². The maximum absolute atomic E-state index is 12.4. The molecule has 174 valence electrons. The summed E-state index contributed by atoms with van der Waals surface area (Å²) < 4.78 is 11.8. The average Bonchev–Trinajstić information content (AvgIpc) is 3.24. The van der Waals surface area contributed by atoms with E-state index < -0.39 is 0 Å². The van der Waals surface area contributed by atoms with Crippen molar-refractivity contribution in [1.29, 1.82) is 0 Å². The van der Waals surface area contributed by atoms with E-state index in [0.717, 1.165) is 52.1 Å². The van der Waals surface area contributed by atoms with Gasteiger partial charge in [-0.05, 0) is 67.3 Å². The maximum Gasteiger partial charge on any atom is 0.234 e. The second-order valence-electron chi connectivity index (χ2n) is 9.63. The molecule has 3 aromatic rings. The summed E-state index contributed by atoms with van der Waals surface area (Å²) in [5.41, 5.74) is 1.60. The van der Waals surface area contributed by atoms with Crippen LogP contribution < -0.4 is 10.1 Å². The largest absolute Gasteiger partial charge is 0.492 e. The molecule has 6 nitrogen and oxygen atoms in total. The third-order valence-electron chi connectivity index (χ3n) is 7.21. The third-order valence-corrected chi connectivity index (χ3v) is 7.21. The molecule has 0 spiro atoms. The molecule has 1 atom stereocenters. The van der Waals surface area contributed by atoms with Gasteiger partial charge in [0.25, 0.3) is 0 Å². The molecule has 6 heteroatoms. The number of nitrogens with one attached hydrogen (secondary N) is 1. The maximum atomic E-state index is 12.4.